The van der Waals surface area contributed by atoms with E-state index in [4.69, 9.17) is 17.5 Å². The number of hydrogen-bond acceptors (Lipinski definition) is 4. The Balaban J connectivity index is 2.37. The van der Waals surface area contributed by atoms with Crippen LogP contribution in [0.4, 0.5) is 0 Å². The fourth-order valence-electron chi connectivity index (χ4n) is 1.93. The molecule has 0 unspecified atom stereocenters. The molecule has 0 bridgehead atoms. The van der Waals surface area contributed by atoms with Crippen LogP contribution in [-0.2, 0) is 19.1 Å². The highest BCUT2D eigenvalue weighted by molar-refractivity contribution is 7.92. The van der Waals surface area contributed by atoms with Crippen LogP contribution in [0.15, 0.2) is 29.2 Å². The van der Waals surface area contributed by atoms with Crippen LogP contribution in [0.2, 0.25) is 0 Å². The summed E-state index contributed by atoms with van der Waals surface area (Å²) in [5, 5.41) is -2.50. The molecule has 1 saturated heterocycles. The van der Waals surface area contributed by atoms with Gasteiger partial charge in [-0.3, -0.25) is 0 Å². The third-order valence-corrected chi connectivity index (χ3v) is 5.59. The van der Waals surface area contributed by atoms with E-state index in [1.807, 2.05) is 27.7 Å². The van der Waals surface area contributed by atoms with E-state index in [1.54, 1.807) is 0 Å². The maximum absolute atomic E-state index is 12.7. The van der Waals surface area contributed by atoms with Gasteiger partial charge in [0.2, 0.25) is 0 Å². The van der Waals surface area contributed by atoms with Crippen LogP contribution in [0.5, 0.6) is 0 Å². The van der Waals surface area contributed by atoms with Crippen molar-refractivity contribution in [1.82, 2.24) is 0 Å². The van der Waals surface area contributed by atoms with Gasteiger partial charge in [0.05, 0.1) is 21.3 Å². The average molecular weight is 316 g/mol. The second kappa shape index (κ2) is 5.11. The molecule has 1 aromatic carbocycles. The largest absolute Gasteiger partial charge is 0.494 e. The highest BCUT2D eigenvalue weighted by atomic mass is 32.2. The lowest BCUT2D eigenvalue weighted by molar-refractivity contribution is 0.00578. The van der Waals surface area contributed by atoms with Gasteiger partial charge in [-0.05, 0) is 59.0 Å². The highest BCUT2D eigenvalue weighted by Gasteiger charge is 2.51. The van der Waals surface area contributed by atoms with Gasteiger partial charge in [0.1, 0.15) is 0 Å². The van der Waals surface area contributed by atoms with E-state index in [1.165, 1.54) is 24.3 Å². The molecule has 0 amide bonds. The van der Waals surface area contributed by atoms with E-state index < -0.39 is 47.1 Å². The fourth-order valence-corrected chi connectivity index (χ4v) is 2.72. The summed E-state index contributed by atoms with van der Waals surface area (Å²) in [6.07, 6.45) is 0. The van der Waals surface area contributed by atoms with Crippen LogP contribution >= 0.6 is 0 Å². The SMILES string of the molecule is [2H]C([2H])([2H])C(C([2H])([2H])[2H])S(=O)(=O)c1ccc(B2OC(C)(C)C(C)(C)O2)cc1. The topological polar surface area (TPSA) is 52.6 Å². The van der Waals surface area contributed by atoms with Crippen LogP contribution in [-0.4, -0.2) is 32.0 Å². The van der Waals surface area contributed by atoms with Crippen molar-refractivity contribution in [3.63, 3.8) is 0 Å². The first-order chi connectivity index (χ1) is 11.9. The van der Waals surface area contributed by atoms with Crippen molar-refractivity contribution in [3.8, 4) is 0 Å². The standard InChI is InChI=1S/C15H23BO4S/c1-11(2)21(17,18)13-9-7-12(8-10-13)16-19-14(3,4)15(5,6)20-16/h7-11H,1-6H3/i1D3,2D3. The second-order valence-electron chi connectivity index (χ2n) is 6.08. The summed E-state index contributed by atoms with van der Waals surface area (Å²) in [4.78, 5) is -0.375. The van der Waals surface area contributed by atoms with E-state index >= 15 is 0 Å². The van der Waals surface area contributed by atoms with Gasteiger partial charge in [-0.25, -0.2) is 8.42 Å². The van der Waals surface area contributed by atoms with E-state index in [9.17, 15) is 8.42 Å². The molecule has 0 radical (unpaired) electrons. The molecular formula is C15H23BO4S. The second-order valence-corrected chi connectivity index (χ2v) is 8.12. The molecule has 1 aliphatic rings. The lowest BCUT2D eigenvalue weighted by atomic mass is 9.79. The molecule has 116 valence electrons. The molecule has 0 atom stereocenters. The molecule has 0 spiro atoms. The number of sulfone groups is 1. The maximum atomic E-state index is 12.7. The quantitative estimate of drug-likeness (QED) is 0.802. The summed E-state index contributed by atoms with van der Waals surface area (Å²) in [5.74, 6) is 0. The lowest BCUT2D eigenvalue weighted by Crippen LogP contribution is -2.41. The van der Waals surface area contributed by atoms with Gasteiger partial charge in [-0.15, -0.1) is 0 Å². The summed E-state index contributed by atoms with van der Waals surface area (Å²) in [5.41, 5.74) is -0.599. The molecule has 0 aromatic heterocycles. The summed E-state index contributed by atoms with van der Waals surface area (Å²) < 4.78 is 81.3. The Morgan fingerprint density at radius 1 is 1.05 bits per heavy atom. The van der Waals surface area contributed by atoms with Crippen molar-refractivity contribution in [2.24, 2.45) is 0 Å². The van der Waals surface area contributed by atoms with Crippen LogP contribution in [0, 0.1) is 0 Å². The molecule has 1 heterocycles. The third kappa shape index (κ3) is 2.89. The number of hydrogen-bond donors (Lipinski definition) is 0. The zero-order valence-corrected chi connectivity index (χ0v) is 13.3. The first-order valence-corrected chi connectivity index (χ1v) is 8.14. The molecule has 0 saturated carbocycles. The number of benzene rings is 1. The van der Waals surface area contributed by atoms with Gasteiger partial charge in [0.15, 0.2) is 9.84 Å². The molecule has 1 fully saturated rings. The molecule has 2 rings (SSSR count). The van der Waals surface area contributed by atoms with Crippen molar-refractivity contribution in [2.45, 2.75) is 62.7 Å². The number of rotatable bonds is 3. The predicted molar refractivity (Wildman–Crippen MR) is 84.5 cm³/mol. The molecule has 0 N–H and O–H groups in total. The van der Waals surface area contributed by atoms with Gasteiger partial charge in [0.25, 0.3) is 0 Å². The summed E-state index contributed by atoms with van der Waals surface area (Å²) in [6, 6.07) is 5.23. The van der Waals surface area contributed by atoms with Crippen molar-refractivity contribution in [2.75, 3.05) is 0 Å². The minimum atomic E-state index is -4.61. The smallest absolute Gasteiger partial charge is 0.399 e. The van der Waals surface area contributed by atoms with E-state index in [0.717, 1.165) is 0 Å². The zero-order chi connectivity index (χ0) is 21.1. The van der Waals surface area contributed by atoms with Crippen molar-refractivity contribution in [3.05, 3.63) is 24.3 Å². The van der Waals surface area contributed by atoms with Gasteiger partial charge in [0, 0.05) is 8.22 Å². The van der Waals surface area contributed by atoms with Gasteiger partial charge < -0.3 is 9.31 Å². The Hall–Kier alpha value is -0.845. The minimum Gasteiger partial charge on any atom is -0.399 e. The van der Waals surface area contributed by atoms with E-state index in [2.05, 4.69) is 0 Å². The van der Waals surface area contributed by atoms with Gasteiger partial charge >= 0.3 is 7.12 Å². The van der Waals surface area contributed by atoms with E-state index in [0.29, 0.717) is 5.46 Å². The summed E-state index contributed by atoms with van der Waals surface area (Å²) in [7, 11) is -5.32. The van der Waals surface area contributed by atoms with Crippen LogP contribution in [0.1, 0.15) is 49.6 Å². The molecule has 21 heavy (non-hydrogen) atoms. The zero-order valence-electron chi connectivity index (χ0n) is 18.5. The van der Waals surface area contributed by atoms with Crippen LogP contribution < -0.4 is 5.46 Å². The monoisotopic (exact) mass is 316 g/mol. The van der Waals surface area contributed by atoms with Gasteiger partial charge in [-0.1, -0.05) is 12.1 Å². The Morgan fingerprint density at radius 3 is 1.95 bits per heavy atom. The molecule has 1 aliphatic heterocycles. The first kappa shape index (κ1) is 10.0. The molecule has 4 nitrogen and oxygen atoms in total. The molecule has 0 aliphatic carbocycles. The minimum absolute atomic E-state index is 0.375. The maximum Gasteiger partial charge on any atom is 0.494 e. The Morgan fingerprint density at radius 2 is 1.52 bits per heavy atom. The predicted octanol–water partition coefficient (Wildman–Crippen LogP) is 2.17. The molecule has 1 aromatic rings. The summed E-state index contributed by atoms with van der Waals surface area (Å²) >= 11 is 0. The summed E-state index contributed by atoms with van der Waals surface area (Å²) in [6.45, 7) is 1.14. The normalized spacial score (nSPS) is 26.4. The van der Waals surface area contributed by atoms with Gasteiger partial charge in [-0.2, -0.15) is 0 Å². The fraction of sp³-hybridized carbons (Fsp3) is 0.600. The Labute approximate surface area is 136 Å². The highest BCUT2D eigenvalue weighted by Crippen LogP contribution is 2.36. The van der Waals surface area contributed by atoms with Crippen LogP contribution in [0.3, 0.4) is 0 Å². The first-order valence-electron chi connectivity index (χ1n) is 9.59. The molecule has 6 heteroatoms. The Bertz CT molecular complexity index is 769. The Kier molecular flexibility index (Phi) is 2.44. The average Bonchev–Trinajstić information content (AvgIpc) is 2.63. The van der Waals surface area contributed by atoms with Crippen molar-refractivity contribution < 1.29 is 26.0 Å². The van der Waals surface area contributed by atoms with Crippen molar-refractivity contribution >= 4 is 22.4 Å². The third-order valence-electron chi connectivity index (χ3n) is 4.04. The van der Waals surface area contributed by atoms with E-state index in [-0.39, 0.29) is 4.90 Å². The lowest BCUT2D eigenvalue weighted by Gasteiger charge is -2.32. The molecular weight excluding hydrogens is 287 g/mol. The van der Waals surface area contributed by atoms with Crippen LogP contribution in [0.25, 0.3) is 0 Å². The van der Waals surface area contributed by atoms with Crippen molar-refractivity contribution in [1.29, 1.82) is 0 Å².